The Morgan fingerprint density at radius 3 is 2.21 bits per heavy atom. The summed E-state index contributed by atoms with van der Waals surface area (Å²) in [5.74, 6) is 0. The van der Waals surface area contributed by atoms with Gasteiger partial charge in [0.1, 0.15) is 6.07 Å². The Morgan fingerprint density at radius 2 is 1.68 bits per heavy atom. The van der Waals surface area contributed by atoms with Crippen LogP contribution < -0.4 is 4.90 Å². The molecular weight excluding hydrogens is 253 g/mol. The van der Waals surface area contributed by atoms with Crippen molar-refractivity contribution >= 4 is 5.69 Å². The highest BCUT2D eigenvalue weighted by Gasteiger charge is 2.31. The van der Waals surface area contributed by atoms with Crippen molar-refractivity contribution in [2.75, 3.05) is 18.0 Å². The van der Waals surface area contributed by atoms with Gasteiger partial charge in [0.25, 0.3) is 0 Å². The Bertz CT molecular complexity index is 480. The van der Waals surface area contributed by atoms with Gasteiger partial charge < -0.3 is 4.90 Å². The fraction of sp³-hybridized carbons (Fsp3) is 0.500. The van der Waals surface area contributed by atoms with E-state index in [4.69, 9.17) is 5.26 Å². The van der Waals surface area contributed by atoms with Crippen LogP contribution in [0.1, 0.15) is 36.8 Å². The Morgan fingerprint density at radius 1 is 1.05 bits per heavy atom. The molecule has 0 atom stereocenters. The van der Waals surface area contributed by atoms with Crippen LogP contribution in [0.5, 0.6) is 0 Å². The highest BCUT2D eigenvalue weighted by Crippen LogP contribution is 2.34. The summed E-state index contributed by atoms with van der Waals surface area (Å²) in [6, 6.07) is 5.32. The quantitative estimate of drug-likeness (QED) is 0.771. The standard InChI is InChI=1S/C14H15F3N2/c15-14(16,17)12-6-5-11(10-18)13(9-12)19-7-3-1-2-4-8-19/h5-6,9H,1-4,7-8H2. The van der Waals surface area contributed by atoms with E-state index in [1.165, 1.54) is 6.07 Å². The topological polar surface area (TPSA) is 27.0 Å². The molecule has 1 heterocycles. The van der Waals surface area contributed by atoms with Gasteiger partial charge in [-0.15, -0.1) is 0 Å². The van der Waals surface area contributed by atoms with Crippen LogP contribution in [0.25, 0.3) is 0 Å². The van der Waals surface area contributed by atoms with Gasteiger partial charge in [-0.05, 0) is 31.0 Å². The monoisotopic (exact) mass is 268 g/mol. The van der Waals surface area contributed by atoms with E-state index in [2.05, 4.69) is 0 Å². The second-order valence-electron chi connectivity index (χ2n) is 4.74. The Kier molecular flexibility index (Phi) is 3.98. The smallest absolute Gasteiger partial charge is 0.370 e. The first-order valence-corrected chi connectivity index (χ1v) is 6.38. The van der Waals surface area contributed by atoms with Gasteiger partial charge in [0, 0.05) is 13.1 Å². The minimum atomic E-state index is -4.37. The summed E-state index contributed by atoms with van der Waals surface area (Å²) in [7, 11) is 0. The minimum Gasteiger partial charge on any atom is -0.370 e. The molecule has 0 unspecified atom stereocenters. The number of alkyl halides is 3. The van der Waals surface area contributed by atoms with Gasteiger partial charge in [0.2, 0.25) is 0 Å². The molecule has 2 nitrogen and oxygen atoms in total. The number of nitrogens with zero attached hydrogens (tertiary/aromatic N) is 2. The summed E-state index contributed by atoms with van der Waals surface area (Å²) in [6.45, 7) is 1.44. The van der Waals surface area contributed by atoms with Gasteiger partial charge in [-0.1, -0.05) is 12.8 Å². The molecule has 1 saturated heterocycles. The van der Waals surface area contributed by atoms with Gasteiger partial charge in [-0.2, -0.15) is 18.4 Å². The van der Waals surface area contributed by atoms with Crippen LogP contribution in [-0.2, 0) is 6.18 Å². The molecule has 1 aromatic rings. The fourth-order valence-electron chi connectivity index (χ4n) is 2.38. The molecule has 0 radical (unpaired) electrons. The van der Waals surface area contributed by atoms with Crippen molar-refractivity contribution in [3.8, 4) is 6.07 Å². The molecule has 1 aliphatic heterocycles. The SMILES string of the molecule is N#Cc1ccc(C(F)(F)F)cc1N1CCCCCC1. The van der Waals surface area contributed by atoms with Crippen LogP contribution in [0, 0.1) is 11.3 Å². The fourth-order valence-corrected chi connectivity index (χ4v) is 2.38. The van der Waals surface area contributed by atoms with Crippen molar-refractivity contribution in [3.63, 3.8) is 0 Å². The van der Waals surface area contributed by atoms with E-state index in [1.54, 1.807) is 0 Å². The molecule has 0 spiro atoms. The molecule has 0 amide bonds. The number of nitriles is 1. The lowest BCUT2D eigenvalue weighted by Crippen LogP contribution is -2.25. The highest BCUT2D eigenvalue weighted by atomic mass is 19.4. The summed E-state index contributed by atoms with van der Waals surface area (Å²) in [6.07, 6.45) is -0.258. The molecule has 1 aromatic carbocycles. The zero-order valence-electron chi connectivity index (χ0n) is 10.5. The second kappa shape index (κ2) is 5.52. The summed E-state index contributed by atoms with van der Waals surface area (Å²) in [5.41, 5.74) is 0.0415. The summed E-state index contributed by atoms with van der Waals surface area (Å²) < 4.78 is 38.2. The first kappa shape index (κ1) is 13.7. The summed E-state index contributed by atoms with van der Waals surface area (Å²) in [4.78, 5) is 1.90. The lowest BCUT2D eigenvalue weighted by atomic mass is 10.1. The number of rotatable bonds is 1. The van der Waals surface area contributed by atoms with Crippen molar-refractivity contribution in [1.82, 2.24) is 0 Å². The van der Waals surface area contributed by atoms with E-state index in [-0.39, 0.29) is 0 Å². The van der Waals surface area contributed by atoms with Crippen LogP contribution in [0.2, 0.25) is 0 Å². The molecule has 0 saturated carbocycles. The maximum absolute atomic E-state index is 12.7. The van der Waals surface area contributed by atoms with Crippen molar-refractivity contribution < 1.29 is 13.2 Å². The Balaban J connectivity index is 2.38. The molecule has 102 valence electrons. The van der Waals surface area contributed by atoms with Crippen LogP contribution in [0.4, 0.5) is 18.9 Å². The normalized spacial score (nSPS) is 16.8. The molecule has 0 aromatic heterocycles. The number of hydrogen-bond acceptors (Lipinski definition) is 2. The lowest BCUT2D eigenvalue weighted by Gasteiger charge is -2.24. The van der Waals surface area contributed by atoms with Gasteiger partial charge in [0.05, 0.1) is 16.8 Å². The van der Waals surface area contributed by atoms with Crippen molar-refractivity contribution in [1.29, 1.82) is 5.26 Å². The van der Waals surface area contributed by atoms with E-state index < -0.39 is 11.7 Å². The third-order valence-electron chi connectivity index (χ3n) is 3.39. The average Bonchev–Trinajstić information content (AvgIpc) is 2.65. The maximum atomic E-state index is 12.7. The Hall–Kier alpha value is -1.70. The predicted octanol–water partition coefficient (Wildman–Crippen LogP) is 3.96. The van der Waals surface area contributed by atoms with Gasteiger partial charge in [0.15, 0.2) is 0 Å². The summed E-state index contributed by atoms with van der Waals surface area (Å²) in [5, 5.41) is 9.06. The van der Waals surface area contributed by atoms with E-state index >= 15 is 0 Å². The predicted molar refractivity (Wildman–Crippen MR) is 66.8 cm³/mol. The van der Waals surface area contributed by atoms with Crippen molar-refractivity contribution in [3.05, 3.63) is 29.3 Å². The number of hydrogen-bond donors (Lipinski definition) is 0. The average molecular weight is 268 g/mol. The minimum absolute atomic E-state index is 0.315. The van der Waals surface area contributed by atoms with Crippen LogP contribution >= 0.6 is 0 Å². The molecule has 2 rings (SSSR count). The van der Waals surface area contributed by atoms with Crippen molar-refractivity contribution in [2.24, 2.45) is 0 Å². The zero-order valence-corrected chi connectivity index (χ0v) is 10.5. The Labute approximate surface area is 110 Å². The molecule has 0 aliphatic carbocycles. The van der Waals surface area contributed by atoms with Crippen LogP contribution in [0.3, 0.4) is 0 Å². The van der Waals surface area contributed by atoms with Gasteiger partial charge in [-0.3, -0.25) is 0 Å². The molecule has 1 aliphatic rings. The first-order chi connectivity index (χ1) is 9.02. The van der Waals surface area contributed by atoms with Crippen LogP contribution in [-0.4, -0.2) is 13.1 Å². The lowest BCUT2D eigenvalue weighted by molar-refractivity contribution is -0.137. The van der Waals surface area contributed by atoms with E-state index in [0.29, 0.717) is 11.3 Å². The molecule has 0 N–H and O–H groups in total. The molecule has 5 heteroatoms. The van der Waals surface area contributed by atoms with Crippen LogP contribution in [0.15, 0.2) is 18.2 Å². The number of halogens is 3. The zero-order chi connectivity index (χ0) is 13.9. The van der Waals surface area contributed by atoms with E-state index in [1.807, 2.05) is 11.0 Å². The maximum Gasteiger partial charge on any atom is 0.416 e. The highest BCUT2D eigenvalue weighted by molar-refractivity contribution is 5.61. The first-order valence-electron chi connectivity index (χ1n) is 6.38. The largest absolute Gasteiger partial charge is 0.416 e. The second-order valence-corrected chi connectivity index (χ2v) is 4.74. The van der Waals surface area contributed by atoms with E-state index in [0.717, 1.165) is 50.9 Å². The van der Waals surface area contributed by atoms with Gasteiger partial charge in [-0.25, -0.2) is 0 Å². The summed E-state index contributed by atoms with van der Waals surface area (Å²) >= 11 is 0. The van der Waals surface area contributed by atoms with Crippen molar-refractivity contribution in [2.45, 2.75) is 31.9 Å². The molecule has 19 heavy (non-hydrogen) atoms. The van der Waals surface area contributed by atoms with Gasteiger partial charge >= 0.3 is 6.18 Å². The number of anilines is 1. The third kappa shape index (κ3) is 3.19. The third-order valence-corrected chi connectivity index (χ3v) is 3.39. The molecule has 1 fully saturated rings. The molecular formula is C14H15F3N2. The molecule has 0 bridgehead atoms. The number of benzene rings is 1. The van der Waals surface area contributed by atoms with E-state index in [9.17, 15) is 13.2 Å².